The largest absolute Gasteiger partial charge is 0.390 e. The lowest BCUT2D eigenvalue weighted by molar-refractivity contribution is 0.0370. The average molecular weight is 164 g/mol. The van der Waals surface area contributed by atoms with Gasteiger partial charge in [0.25, 0.3) is 0 Å². The van der Waals surface area contributed by atoms with E-state index in [9.17, 15) is 5.11 Å². The van der Waals surface area contributed by atoms with Gasteiger partial charge in [-0.25, -0.2) is 0 Å². The number of aliphatic hydroxyl groups excluding tert-OH is 1. The van der Waals surface area contributed by atoms with Crippen LogP contribution >= 0.6 is 0 Å². The van der Waals surface area contributed by atoms with Crippen molar-refractivity contribution in [2.75, 3.05) is 6.61 Å². The van der Waals surface area contributed by atoms with Crippen LogP contribution in [0, 0.1) is 0 Å². The van der Waals surface area contributed by atoms with Crippen molar-refractivity contribution in [3.63, 3.8) is 0 Å². The summed E-state index contributed by atoms with van der Waals surface area (Å²) in [7, 11) is 0. The minimum atomic E-state index is -0.339. The lowest BCUT2D eigenvalue weighted by Gasteiger charge is -2.05. The Labute approximate surface area is 71.8 Å². The van der Waals surface area contributed by atoms with E-state index in [0.717, 1.165) is 6.42 Å². The molecule has 0 bridgehead atoms. The van der Waals surface area contributed by atoms with Crippen LogP contribution in [0.1, 0.15) is 11.1 Å². The van der Waals surface area contributed by atoms with Gasteiger partial charge in [-0.05, 0) is 11.1 Å². The third-order valence-electron chi connectivity index (χ3n) is 2.14. The van der Waals surface area contributed by atoms with E-state index in [4.69, 9.17) is 4.74 Å². The fraction of sp³-hybridized carbons (Fsp3) is 0.400. The molecular weight excluding hydrogens is 152 g/mol. The van der Waals surface area contributed by atoms with E-state index in [1.54, 1.807) is 0 Å². The SMILES string of the molecule is OC1COCc2ccccc2C1. The van der Waals surface area contributed by atoms with Crippen molar-refractivity contribution in [3.8, 4) is 0 Å². The van der Waals surface area contributed by atoms with E-state index in [2.05, 4.69) is 0 Å². The molecule has 64 valence electrons. The highest BCUT2D eigenvalue weighted by Gasteiger charge is 2.13. The Morgan fingerprint density at radius 1 is 1.25 bits per heavy atom. The maximum absolute atomic E-state index is 9.41. The molecule has 1 heterocycles. The molecule has 1 aliphatic heterocycles. The molecule has 2 nitrogen and oxygen atoms in total. The summed E-state index contributed by atoms with van der Waals surface area (Å²) in [5.41, 5.74) is 2.41. The lowest BCUT2D eigenvalue weighted by Crippen LogP contribution is -2.14. The summed E-state index contributed by atoms with van der Waals surface area (Å²) in [6.45, 7) is 1.09. The number of fused-ring (bicyclic) bond motifs is 1. The predicted octanol–water partition coefficient (Wildman–Crippen LogP) is 1.12. The summed E-state index contributed by atoms with van der Waals surface area (Å²) >= 11 is 0. The molecule has 0 aromatic heterocycles. The predicted molar refractivity (Wildman–Crippen MR) is 45.8 cm³/mol. The minimum Gasteiger partial charge on any atom is -0.390 e. The Hall–Kier alpha value is -0.860. The van der Waals surface area contributed by atoms with Gasteiger partial charge >= 0.3 is 0 Å². The Morgan fingerprint density at radius 2 is 2.00 bits per heavy atom. The molecule has 12 heavy (non-hydrogen) atoms. The van der Waals surface area contributed by atoms with Crippen molar-refractivity contribution < 1.29 is 9.84 Å². The van der Waals surface area contributed by atoms with Gasteiger partial charge in [0.2, 0.25) is 0 Å². The van der Waals surface area contributed by atoms with E-state index in [-0.39, 0.29) is 6.10 Å². The second-order valence-corrected chi connectivity index (χ2v) is 3.14. The quantitative estimate of drug-likeness (QED) is 0.622. The molecule has 0 aliphatic carbocycles. The maximum atomic E-state index is 9.41. The molecule has 0 spiro atoms. The number of hydrogen-bond acceptors (Lipinski definition) is 2. The molecule has 1 N–H and O–H groups in total. The lowest BCUT2D eigenvalue weighted by atomic mass is 10.0. The molecule has 0 amide bonds. The topological polar surface area (TPSA) is 29.5 Å². The van der Waals surface area contributed by atoms with Crippen LogP contribution in [-0.4, -0.2) is 17.8 Å². The number of benzene rings is 1. The standard InChI is InChI=1S/C10H12O2/c11-10-5-8-3-1-2-4-9(8)6-12-7-10/h1-4,10-11H,5-7H2. The zero-order valence-corrected chi connectivity index (χ0v) is 6.86. The number of hydrogen-bond donors (Lipinski definition) is 1. The van der Waals surface area contributed by atoms with Gasteiger partial charge in [0.05, 0.1) is 19.3 Å². The number of ether oxygens (including phenoxy) is 1. The number of aliphatic hydroxyl groups is 1. The highest BCUT2D eigenvalue weighted by molar-refractivity contribution is 5.27. The third kappa shape index (κ3) is 1.49. The highest BCUT2D eigenvalue weighted by Crippen LogP contribution is 2.16. The van der Waals surface area contributed by atoms with Crippen molar-refractivity contribution in [1.29, 1.82) is 0 Å². The third-order valence-corrected chi connectivity index (χ3v) is 2.14. The summed E-state index contributed by atoms with van der Waals surface area (Å²) < 4.78 is 5.28. The summed E-state index contributed by atoms with van der Waals surface area (Å²) in [4.78, 5) is 0. The molecule has 1 aromatic carbocycles. The molecule has 2 rings (SSSR count). The van der Waals surface area contributed by atoms with Gasteiger partial charge in [-0.1, -0.05) is 24.3 Å². The van der Waals surface area contributed by atoms with E-state index in [1.165, 1.54) is 11.1 Å². The van der Waals surface area contributed by atoms with Crippen LogP contribution in [0.5, 0.6) is 0 Å². The second kappa shape index (κ2) is 3.25. The molecule has 1 aromatic rings. The van der Waals surface area contributed by atoms with Crippen LogP contribution in [0.4, 0.5) is 0 Å². The molecule has 1 unspecified atom stereocenters. The van der Waals surface area contributed by atoms with Crippen LogP contribution in [0.3, 0.4) is 0 Å². The molecule has 0 fully saturated rings. The minimum absolute atomic E-state index is 0.339. The first-order valence-corrected chi connectivity index (χ1v) is 4.19. The van der Waals surface area contributed by atoms with Crippen LogP contribution in [-0.2, 0) is 17.8 Å². The van der Waals surface area contributed by atoms with Crippen LogP contribution in [0.15, 0.2) is 24.3 Å². The van der Waals surface area contributed by atoms with E-state index >= 15 is 0 Å². The Bertz CT molecular complexity index is 270. The summed E-state index contributed by atoms with van der Waals surface area (Å²) in [5.74, 6) is 0. The van der Waals surface area contributed by atoms with Gasteiger partial charge in [0.1, 0.15) is 0 Å². The van der Waals surface area contributed by atoms with Gasteiger partial charge in [-0.15, -0.1) is 0 Å². The molecule has 2 heteroatoms. The molecule has 0 radical (unpaired) electrons. The van der Waals surface area contributed by atoms with Crippen molar-refractivity contribution in [2.45, 2.75) is 19.1 Å². The van der Waals surface area contributed by atoms with Crippen LogP contribution in [0.2, 0.25) is 0 Å². The summed E-state index contributed by atoms with van der Waals surface area (Å²) in [5, 5.41) is 9.41. The van der Waals surface area contributed by atoms with E-state index in [0.29, 0.717) is 13.2 Å². The monoisotopic (exact) mass is 164 g/mol. The zero-order valence-electron chi connectivity index (χ0n) is 6.86. The Morgan fingerprint density at radius 3 is 2.83 bits per heavy atom. The van der Waals surface area contributed by atoms with E-state index < -0.39 is 0 Å². The van der Waals surface area contributed by atoms with Crippen molar-refractivity contribution in [3.05, 3.63) is 35.4 Å². The van der Waals surface area contributed by atoms with Gasteiger partial charge < -0.3 is 9.84 Å². The normalized spacial score (nSPS) is 22.9. The van der Waals surface area contributed by atoms with Crippen molar-refractivity contribution in [2.24, 2.45) is 0 Å². The Balaban J connectivity index is 2.31. The van der Waals surface area contributed by atoms with Crippen LogP contribution < -0.4 is 0 Å². The Kier molecular flexibility index (Phi) is 2.11. The van der Waals surface area contributed by atoms with Gasteiger partial charge in [-0.3, -0.25) is 0 Å². The van der Waals surface area contributed by atoms with Crippen molar-refractivity contribution >= 4 is 0 Å². The van der Waals surface area contributed by atoms with Gasteiger partial charge in [0.15, 0.2) is 0 Å². The van der Waals surface area contributed by atoms with Crippen molar-refractivity contribution in [1.82, 2.24) is 0 Å². The summed E-state index contributed by atoms with van der Waals surface area (Å²) in [6, 6.07) is 8.09. The summed E-state index contributed by atoms with van der Waals surface area (Å²) in [6.07, 6.45) is 0.379. The highest BCUT2D eigenvalue weighted by atomic mass is 16.5. The number of rotatable bonds is 0. The van der Waals surface area contributed by atoms with Gasteiger partial charge in [0, 0.05) is 6.42 Å². The smallest absolute Gasteiger partial charge is 0.0814 e. The first-order valence-electron chi connectivity index (χ1n) is 4.19. The fourth-order valence-electron chi connectivity index (χ4n) is 1.52. The van der Waals surface area contributed by atoms with Crippen LogP contribution in [0.25, 0.3) is 0 Å². The molecule has 1 atom stereocenters. The second-order valence-electron chi connectivity index (χ2n) is 3.14. The first kappa shape index (κ1) is 7.77. The maximum Gasteiger partial charge on any atom is 0.0814 e. The first-order chi connectivity index (χ1) is 5.86. The average Bonchev–Trinajstić information content (AvgIpc) is 2.25. The molecule has 0 saturated heterocycles. The fourth-order valence-corrected chi connectivity index (χ4v) is 1.52. The molecule has 1 aliphatic rings. The molecule has 0 saturated carbocycles. The van der Waals surface area contributed by atoms with Gasteiger partial charge in [-0.2, -0.15) is 0 Å². The van der Waals surface area contributed by atoms with E-state index in [1.807, 2.05) is 24.3 Å². The molecular formula is C10H12O2. The zero-order chi connectivity index (χ0) is 8.39.